The van der Waals surface area contributed by atoms with Gasteiger partial charge in [-0.3, -0.25) is 0 Å². The van der Waals surface area contributed by atoms with Crippen LogP contribution in [0.25, 0.3) is 0 Å². The summed E-state index contributed by atoms with van der Waals surface area (Å²) in [4.78, 5) is 0. The van der Waals surface area contributed by atoms with E-state index in [2.05, 4.69) is 53.0 Å². The number of halogens is 2. The number of quaternary nitrogens is 2. The van der Waals surface area contributed by atoms with Gasteiger partial charge in [0.25, 0.3) is 0 Å². The van der Waals surface area contributed by atoms with Gasteiger partial charge in [0, 0.05) is 0 Å². The quantitative estimate of drug-likeness (QED) is 0.475. The molecule has 0 aromatic rings. The van der Waals surface area contributed by atoms with Crippen LogP contribution in [0, 0.1) is 5.41 Å². The van der Waals surface area contributed by atoms with E-state index < -0.39 is 0 Å². The molecule has 0 aromatic carbocycles. The SMILES string of the molecule is CC(C)([NH3+])C(C)(C)C(C)(C)[NH3+].[Cl-].[Cl-]. The molecular weight excluding hydrogens is 207 g/mol. The molecule has 0 rings (SSSR count). The summed E-state index contributed by atoms with van der Waals surface area (Å²) < 4.78 is 0. The van der Waals surface area contributed by atoms with Gasteiger partial charge in [0.1, 0.15) is 0 Å². The third kappa shape index (κ3) is 4.03. The van der Waals surface area contributed by atoms with Crippen molar-refractivity contribution in [3.63, 3.8) is 0 Å². The van der Waals surface area contributed by atoms with E-state index in [4.69, 9.17) is 0 Å². The monoisotopic (exact) mass is 230 g/mol. The van der Waals surface area contributed by atoms with Crippen molar-refractivity contribution in [2.45, 2.75) is 52.6 Å². The van der Waals surface area contributed by atoms with Crippen LogP contribution in [0.1, 0.15) is 41.5 Å². The minimum Gasteiger partial charge on any atom is -1.00 e. The summed E-state index contributed by atoms with van der Waals surface area (Å²) in [7, 11) is 0. The molecule has 0 saturated heterocycles. The normalized spacial score (nSPS) is 12.9. The van der Waals surface area contributed by atoms with Gasteiger partial charge in [-0.05, 0) is 41.5 Å². The van der Waals surface area contributed by atoms with Gasteiger partial charge in [-0.25, -0.2) is 0 Å². The molecule has 0 unspecified atom stereocenters. The van der Waals surface area contributed by atoms with E-state index in [0.717, 1.165) is 0 Å². The van der Waals surface area contributed by atoms with Crippen LogP contribution in [0.2, 0.25) is 0 Å². The van der Waals surface area contributed by atoms with Crippen molar-refractivity contribution in [3.8, 4) is 0 Å². The zero-order valence-electron chi connectivity index (χ0n) is 9.67. The van der Waals surface area contributed by atoms with Gasteiger partial charge in [-0.2, -0.15) is 0 Å². The fourth-order valence-electron chi connectivity index (χ4n) is 0.916. The zero-order chi connectivity index (χ0) is 9.50. The largest absolute Gasteiger partial charge is 1.00 e. The molecule has 0 amide bonds. The van der Waals surface area contributed by atoms with E-state index >= 15 is 0 Å². The van der Waals surface area contributed by atoms with Crippen molar-refractivity contribution < 1.29 is 36.3 Å². The van der Waals surface area contributed by atoms with Crippen molar-refractivity contribution >= 4 is 0 Å². The van der Waals surface area contributed by atoms with Crippen LogP contribution in [0.5, 0.6) is 0 Å². The van der Waals surface area contributed by atoms with Gasteiger partial charge in [0.15, 0.2) is 0 Å². The standard InChI is InChI=1S/C9H22N2.2ClH/c1-7(2,8(3,4)10)9(5,6)11;;/h10-11H2,1-6H3;2*1H. The number of rotatable bonds is 2. The topological polar surface area (TPSA) is 55.3 Å². The molecule has 0 aliphatic carbocycles. The molecule has 0 atom stereocenters. The van der Waals surface area contributed by atoms with Crippen molar-refractivity contribution in [1.29, 1.82) is 0 Å². The van der Waals surface area contributed by atoms with Gasteiger partial charge in [0.05, 0.1) is 16.5 Å². The molecule has 0 saturated carbocycles. The Balaban J connectivity index is -0.000000500. The summed E-state index contributed by atoms with van der Waals surface area (Å²) in [5, 5.41) is 0. The van der Waals surface area contributed by atoms with Crippen molar-refractivity contribution in [1.82, 2.24) is 0 Å². The Hall–Kier alpha value is 0.500. The minimum atomic E-state index is 0. The summed E-state index contributed by atoms with van der Waals surface area (Å²) in [6.07, 6.45) is 0. The fraction of sp³-hybridized carbons (Fsp3) is 1.00. The first-order chi connectivity index (χ1) is 4.50. The maximum absolute atomic E-state index is 4.17. The molecule has 0 aromatic heterocycles. The average molecular weight is 231 g/mol. The van der Waals surface area contributed by atoms with Gasteiger partial charge in [-0.15, -0.1) is 0 Å². The maximum Gasteiger partial charge on any atom is 0.1000 e. The summed E-state index contributed by atoms with van der Waals surface area (Å²) in [6.45, 7) is 13.1. The lowest BCUT2D eigenvalue weighted by atomic mass is 9.64. The second-order valence-electron chi connectivity index (χ2n) is 5.39. The molecule has 0 fully saturated rings. The van der Waals surface area contributed by atoms with Gasteiger partial charge >= 0.3 is 0 Å². The van der Waals surface area contributed by atoms with E-state index in [-0.39, 0.29) is 41.3 Å². The Morgan fingerprint density at radius 1 is 0.615 bits per heavy atom. The lowest BCUT2D eigenvalue weighted by Gasteiger charge is -2.42. The fourth-order valence-corrected chi connectivity index (χ4v) is 0.916. The first kappa shape index (κ1) is 19.1. The summed E-state index contributed by atoms with van der Waals surface area (Å²) >= 11 is 0. The Morgan fingerprint density at radius 3 is 0.769 bits per heavy atom. The van der Waals surface area contributed by atoms with Gasteiger partial charge in [-0.1, -0.05) is 0 Å². The number of hydrogen-bond donors (Lipinski definition) is 2. The van der Waals surface area contributed by atoms with Crippen LogP contribution in [0.15, 0.2) is 0 Å². The summed E-state index contributed by atoms with van der Waals surface area (Å²) in [5.41, 5.74) is 8.63. The molecule has 0 bridgehead atoms. The molecule has 0 radical (unpaired) electrons. The summed E-state index contributed by atoms with van der Waals surface area (Å²) in [6, 6.07) is 0. The van der Waals surface area contributed by atoms with Crippen LogP contribution in [0.4, 0.5) is 0 Å². The second kappa shape index (κ2) is 4.83. The first-order valence-electron chi connectivity index (χ1n) is 4.21. The highest BCUT2D eigenvalue weighted by molar-refractivity contribution is 4.94. The predicted molar refractivity (Wildman–Crippen MR) is 47.7 cm³/mol. The third-order valence-corrected chi connectivity index (χ3v) is 3.38. The third-order valence-electron chi connectivity index (χ3n) is 3.38. The Kier molecular flexibility index (Phi) is 7.11. The number of hydrogen-bond acceptors (Lipinski definition) is 0. The molecular formula is C9H24Cl2N2. The van der Waals surface area contributed by atoms with Gasteiger partial charge < -0.3 is 36.3 Å². The van der Waals surface area contributed by atoms with E-state index in [1.54, 1.807) is 0 Å². The van der Waals surface area contributed by atoms with Crippen LogP contribution in [-0.4, -0.2) is 11.1 Å². The van der Waals surface area contributed by atoms with E-state index in [1.165, 1.54) is 0 Å². The Labute approximate surface area is 94.6 Å². The molecule has 0 spiro atoms. The predicted octanol–water partition coefficient (Wildman–Crippen LogP) is -5.94. The minimum absolute atomic E-state index is 0. The van der Waals surface area contributed by atoms with Crippen LogP contribution < -0.4 is 36.3 Å². The highest BCUT2D eigenvalue weighted by atomic mass is 35.5. The van der Waals surface area contributed by atoms with E-state index in [1.807, 2.05) is 0 Å². The van der Waals surface area contributed by atoms with Crippen LogP contribution >= 0.6 is 0 Å². The van der Waals surface area contributed by atoms with Crippen molar-refractivity contribution in [2.75, 3.05) is 0 Å². The smallest absolute Gasteiger partial charge is 0.1000 e. The lowest BCUT2D eigenvalue weighted by Crippen LogP contribution is -3.00. The molecule has 0 aliphatic heterocycles. The van der Waals surface area contributed by atoms with Crippen LogP contribution in [-0.2, 0) is 0 Å². The molecule has 2 nitrogen and oxygen atoms in total. The average Bonchev–Trinajstić information content (AvgIpc) is 1.58. The molecule has 4 heteroatoms. The molecule has 84 valence electrons. The van der Waals surface area contributed by atoms with Gasteiger partial charge in [0.2, 0.25) is 0 Å². The van der Waals surface area contributed by atoms with E-state index in [0.29, 0.717) is 0 Å². The maximum atomic E-state index is 4.17. The summed E-state index contributed by atoms with van der Waals surface area (Å²) in [5.74, 6) is 0. The van der Waals surface area contributed by atoms with Crippen molar-refractivity contribution in [2.24, 2.45) is 5.41 Å². The first-order valence-corrected chi connectivity index (χ1v) is 4.21. The van der Waals surface area contributed by atoms with Crippen LogP contribution in [0.3, 0.4) is 0 Å². The molecule has 0 aliphatic rings. The van der Waals surface area contributed by atoms with Crippen molar-refractivity contribution in [3.05, 3.63) is 0 Å². The molecule has 13 heavy (non-hydrogen) atoms. The van der Waals surface area contributed by atoms with E-state index in [9.17, 15) is 0 Å². The zero-order valence-corrected chi connectivity index (χ0v) is 11.2. The Morgan fingerprint density at radius 2 is 0.769 bits per heavy atom. The second-order valence-corrected chi connectivity index (χ2v) is 5.39. The highest BCUT2D eigenvalue weighted by Crippen LogP contribution is 2.34. The Bertz CT molecular complexity index is 127. The molecule has 6 N–H and O–H groups in total. The lowest BCUT2D eigenvalue weighted by molar-refractivity contribution is -0.559. The highest BCUT2D eigenvalue weighted by Gasteiger charge is 2.49. The molecule has 0 heterocycles.